The molecule has 2 rings (SSSR count). The zero-order valence-corrected chi connectivity index (χ0v) is 22.2. The van der Waals surface area contributed by atoms with Gasteiger partial charge in [0.25, 0.3) is 0 Å². The van der Waals surface area contributed by atoms with Crippen molar-refractivity contribution in [2.75, 3.05) is 20.1 Å². The Kier molecular flexibility index (Phi) is 11.4. The third kappa shape index (κ3) is 8.47. The molecular formula is C27H39N3O4S. The van der Waals surface area contributed by atoms with Crippen molar-refractivity contribution in [2.45, 2.75) is 70.4 Å². The second-order valence-electron chi connectivity index (χ2n) is 8.82. The number of nitrogens with one attached hydrogen (secondary N) is 1. The molecule has 1 N–H and O–H groups in total. The first-order valence-corrected chi connectivity index (χ1v) is 13.8. The van der Waals surface area contributed by atoms with Crippen molar-refractivity contribution >= 4 is 21.8 Å². The van der Waals surface area contributed by atoms with Gasteiger partial charge in [-0.15, -0.1) is 0 Å². The molecule has 0 aliphatic heterocycles. The lowest BCUT2D eigenvalue weighted by molar-refractivity contribution is -0.141. The number of carbonyl (C=O) groups excluding carboxylic acids is 2. The van der Waals surface area contributed by atoms with Gasteiger partial charge in [-0.05, 0) is 43.9 Å². The minimum Gasteiger partial charge on any atom is -0.354 e. The molecule has 0 saturated heterocycles. The fourth-order valence-corrected chi connectivity index (χ4v) is 5.15. The van der Waals surface area contributed by atoms with Crippen molar-refractivity contribution in [3.63, 3.8) is 0 Å². The van der Waals surface area contributed by atoms with E-state index in [-0.39, 0.29) is 29.7 Å². The van der Waals surface area contributed by atoms with E-state index in [4.69, 9.17) is 0 Å². The maximum Gasteiger partial charge on any atom is 0.242 e. The van der Waals surface area contributed by atoms with Gasteiger partial charge in [0.1, 0.15) is 6.04 Å². The van der Waals surface area contributed by atoms with Crippen LogP contribution in [0.25, 0.3) is 0 Å². The SMILES string of the molecule is CCCCNC(=O)C(CC)N(Cc1cccc(C)c1)C(=O)CCCN(C)S(=O)(=O)c1ccccc1. The van der Waals surface area contributed by atoms with Crippen LogP contribution in [0.1, 0.15) is 57.1 Å². The van der Waals surface area contributed by atoms with E-state index < -0.39 is 16.1 Å². The largest absolute Gasteiger partial charge is 0.354 e. The summed E-state index contributed by atoms with van der Waals surface area (Å²) in [4.78, 5) is 28.1. The molecule has 0 heterocycles. The van der Waals surface area contributed by atoms with Gasteiger partial charge in [-0.2, -0.15) is 0 Å². The molecule has 2 aromatic rings. The maximum absolute atomic E-state index is 13.3. The van der Waals surface area contributed by atoms with Crippen LogP contribution in [0, 0.1) is 6.92 Å². The summed E-state index contributed by atoms with van der Waals surface area (Å²) in [6.07, 6.45) is 2.87. The maximum atomic E-state index is 13.3. The minimum atomic E-state index is -3.61. The number of hydrogen-bond donors (Lipinski definition) is 1. The molecule has 1 atom stereocenters. The standard InChI is InChI=1S/C27H39N3O4S/c1-5-7-18-28-27(32)25(6-2)30(21-23-14-11-13-22(3)20-23)26(31)17-12-19-29(4)35(33,34)24-15-9-8-10-16-24/h8-11,13-16,20,25H,5-7,12,17-19,21H2,1-4H3,(H,28,32). The van der Waals surface area contributed by atoms with Gasteiger partial charge in [0.2, 0.25) is 21.8 Å². The predicted molar refractivity (Wildman–Crippen MR) is 139 cm³/mol. The number of benzene rings is 2. The summed E-state index contributed by atoms with van der Waals surface area (Å²) >= 11 is 0. The van der Waals surface area contributed by atoms with Gasteiger partial charge < -0.3 is 10.2 Å². The van der Waals surface area contributed by atoms with E-state index in [9.17, 15) is 18.0 Å². The Balaban J connectivity index is 2.11. The lowest BCUT2D eigenvalue weighted by Crippen LogP contribution is -2.49. The van der Waals surface area contributed by atoms with Gasteiger partial charge in [-0.1, -0.05) is 68.3 Å². The highest BCUT2D eigenvalue weighted by Crippen LogP contribution is 2.17. The molecule has 0 fully saturated rings. The van der Waals surface area contributed by atoms with Crippen LogP contribution < -0.4 is 5.32 Å². The average Bonchev–Trinajstić information content (AvgIpc) is 2.84. The van der Waals surface area contributed by atoms with Crippen LogP contribution in [0.3, 0.4) is 0 Å². The van der Waals surface area contributed by atoms with Crippen molar-refractivity contribution < 1.29 is 18.0 Å². The van der Waals surface area contributed by atoms with Gasteiger partial charge >= 0.3 is 0 Å². The van der Waals surface area contributed by atoms with Crippen LogP contribution in [0.2, 0.25) is 0 Å². The Morgan fingerprint density at radius 3 is 2.34 bits per heavy atom. The van der Waals surface area contributed by atoms with E-state index in [0.717, 1.165) is 24.0 Å². The lowest BCUT2D eigenvalue weighted by atomic mass is 10.1. The first kappa shape index (κ1) is 28.5. The minimum absolute atomic E-state index is 0.147. The van der Waals surface area contributed by atoms with E-state index in [1.54, 1.807) is 35.2 Å². The molecule has 0 aliphatic rings. The Bertz CT molecular complexity index is 1060. The summed E-state index contributed by atoms with van der Waals surface area (Å²) < 4.78 is 26.8. The van der Waals surface area contributed by atoms with E-state index in [1.807, 2.05) is 38.1 Å². The summed E-state index contributed by atoms with van der Waals surface area (Å²) in [5, 5.41) is 2.96. The first-order chi connectivity index (χ1) is 16.7. The van der Waals surface area contributed by atoms with Gasteiger partial charge in [0.15, 0.2) is 0 Å². The summed E-state index contributed by atoms with van der Waals surface area (Å²) in [6, 6.07) is 15.6. The van der Waals surface area contributed by atoms with Crippen molar-refractivity contribution in [3.05, 3.63) is 65.7 Å². The third-order valence-electron chi connectivity index (χ3n) is 5.97. The second-order valence-corrected chi connectivity index (χ2v) is 10.9. The third-order valence-corrected chi connectivity index (χ3v) is 7.84. The van der Waals surface area contributed by atoms with Crippen LogP contribution in [-0.4, -0.2) is 55.6 Å². The molecule has 0 aliphatic carbocycles. The molecule has 0 radical (unpaired) electrons. The van der Waals surface area contributed by atoms with Crippen LogP contribution in [0.4, 0.5) is 0 Å². The quantitative estimate of drug-likeness (QED) is 0.395. The molecule has 0 saturated carbocycles. The van der Waals surface area contributed by atoms with Crippen LogP contribution in [0.15, 0.2) is 59.5 Å². The number of unbranched alkanes of at least 4 members (excludes halogenated alkanes) is 1. The number of amides is 2. The fourth-order valence-electron chi connectivity index (χ4n) is 3.92. The number of aryl methyl sites for hydroxylation is 1. The van der Waals surface area contributed by atoms with Crippen molar-refractivity contribution in [3.8, 4) is 0 Å². The summed E-state index contributed by atoms with van der Waals surface area (Å²) in [6.45, 7) is 7.08. The Morgan fingerprint density at radius 1 is 1.00 bits per heavy atom. The van der Waals surface area contributed by atoms with E-state index >= 15 is 0 Å². The fraction of sp³-hybridized carbons (Fsp3) is 0.481. The molecule has 1 unspecified atom stereocenters. The van der Waals surface area contributed by atoms with Gasteiger partial charge in [0.05, 0.1) is 4.90 Å². The highest BCUT2D eigenvalue weighted by atomic mass is 32.2. The van der Waals surface area contributed by atoms with Crippen molar-refractivity contribution in [1.29, 1.82) is 0 Å². The predicted octanol–water partition coefficient (Wildman–Crippen LogP) is 4.12. The Morgan fingerprint density at radius 2 is 1.71 bits per heavy atom. The Hall–Kier alpha value is -2.71. The van der Waals surface area contributed by atoms with Crippen LogP contribution >= 0.6 is 0 Å². The second kappa shape index (κ2) is 14.0. The molecule has 2 aromatic carbocycles. The highest BCUT2D eigenvalue weighted by Gasteiger charge is 2.28. The molecule has 2 amide bonds. The van der Waals surface area contributed by atoms with E-state index in [1.165, 1.54) is 11.4 Å². The topological polar surface area (TPSA) is 86.8 Å². The number of carbonyl (C=O) groups is 2. The zero-order chi connectivity index (χ0) is 25.8. The molecule has 192 valence electrons. The average molecular weight is 502 g/mol. The van der Waals surface area contributed by atoms with Gasteiger partial charge in [0, 0.05) is 33.1 Å². The Labute approximate surface area is 210 Å². The normalized spacial score (nSPS) is 12.4. The highest BCUT2D eigenvalue weighted by molar-refractivity contribution is 7.89. The monoisotopic (exact) mass is 501 g/mol. The van der Waals surface area contributed by atoms with Crippen LogP contribution in [-0.2, 0) is 26.2 Å². The molecule has 0 spiro atoms. The molecule has 35 heavy (non-hydrogen) atoms. The van der Waals surface area contributed by atoms with E-state index in [2.05, 4.69) is 12.2 Å². The molecule has 8 heteroatoms. The van der Waals surface area contributed by atoms with Gasteiger partial charge in [-0.25, -0.2) is 12.7 Å². The lowest BCUT2D eigenvalue weighted by Gasteiger charge is -2.31. The molecule has 0 bridgehead atoms. The zero-order valence-electron chi connectivity index (χ0n) is 21.4. The van der Waals surface area contributed by atoms with E-state index in [0.29, 0.717) is 25.9 Å². The number of hydrogen-bond acceptors (Lipinski definition) is 4. The van der Waals surface area contributed by atoms with Crippen molar-refractivity contribution in [2.24, 2.45) is 0 Å². The van der Waals surface area contributed by atoms with Crippen molar-refractivity contribution in [1.82, 2.24) is 14.5 Å². The molecule has 7 nitrogen and oxygen atoms in total. The smallest absolute Gasteiger partial charge is 0.242 e. The van der Waals surface area contributed by atoms with Crippen LogP contribution in [0.5, 0.6) is 0 Å². The number of rotatable bonds is 14. The first-order valence-electron chi connectivity index (χ1n) is 12.3. The number of nitrogens with zero attached hydrogens (tertiary/aromatic N) is 2. The summed E-state index contributed by atoms with van der Waals surface area (Å²) in [7, 11) is -2.09. The summed E-state index contributed by atoms with van der Waals surface area (Å²) in [5.41, 5.74) is 2.05. The number of sulfonamides is 1. The molecule has 0 aromatic heterocycles. The summed E-state index contributed by atoms with van der Waals surface area (Å²) in [5.74, 6) is -0.305. The van der Waals surface area contributed by atoms with Gasteiger partial charge in [-0.3, -0.25) is 9.59 Å². The molecular weight excluding hydrogens is 462 g/mol.